The van der Waals surface area contributed by atoms with E-state index >= 15 is 0 Å². The summed E-state index contributed by atoms with van der Waals surface area (Å²) in [5.74, 6) is 1.46. The quantitative estimate of drug-likeness (QED) is 0.846. The number of halogens is 1. The van der Waals surface area contributed by atoms with E-state index in [1.54, 1.807) is 0 Å². The van der Waals surface area contributed by atoms with Crippen LogP contribution < -0.4 is 10.1 Å². The topological polar surface area (TPSA) is 34.1 Å². The summed E-state index contributed by atoms with van der Waals surface area (Å²) in [6.45, 7) is 9.13. The van der Waals surface area contributed by atoms with E-state index in [9.17, 15) is 0 Å². The molecule has 1 heterocycles. The Labute approximate surface area is 134 Å². The first-order valence-electron chi connectivity index (χ1n) is 7.09. The molecule has 2 rings (SSSR count). The zero-order valence-electron chi connectivity index (χ0n) is 12.9. The number of hydrogen-bond acceptors (Lipinski definition) is 3. The van der Waals surface area contributed by atoms with Gasteiger partial charge in [-0.15, -0.1) is 0 Å². The molecule has 1 aromatic heterocycles. The number of nitrogens with zero attached hydrogens (tertiary/aromatic N) is 1. The molecular weight excluding hydrogens is 328 g/mol. The molecule has 0 saturated heterocycles. The van der Waals surface area contributed by atoms with E-state index in [-0.39, 0.29) is 0 Å². The second-order valence-electron chi connectivity index (χ2n) is 5.44. The van der Waals surface area contributed by atoms with Gasteiger partial charge < -0.3 is 10.1 Å². The molecule has 0 unspecified atom stereocenters. The van der Waals surface area contributed by atoms with Gasteiger partial charge in [0.15, 0.2) is 0 Å². The molecule has 1 aromatic carbocycles. The Kier molecular flexibility index (Phi) is 5.37. The van der Waals surface area contributed by atoms with Gasteiger partial charge in [-0.2, -0.15) is 0 Å². The molecule has 0 radical (unpaired) electrons. The number of hydrogen-bond donors (Lipinski definition) is 1. The smallest absolute Gasteiger partial charge is 0.219 e. The van der Waals surface area contributed by atoms with Gasteiger partial charge in [-0.05, 0) is 43.2 Å². The molecule has 0 fully saturated rings. The molecule has 0 aliphatic rings. The summed E-state index contributed by atoms with van der Waals surface area (Å²) >= 11 is 3.45. The first-order chi connectivity index (χ1) is 9.95. The normalized spacial score (nSPS) is 11.0. The number of nitrogens with one attached hydrogen (secondary N) is 1. The molecule has 0 aliphatic heterocycles. The molecule has 0 aliphatic carbocycles. The lowest BCUT2D eigenvalue weighted by atomic mass is 10.2. The van der Waals surface area contributed by atoms with Crippen LogP contribution in [-0.2, 0) is 6.54 Å². The molecule has 112 valence electrons. The Balaban J connectivity index is 2.12. The van der Waals surface area contributed by atoms with Crippen molar-refractivity contribution in [1.29, 1.82) is 0 Å². The molecule has 3 nitrogen and oxygen atoms in total. The van der Waals surface area contributed by atoms with Crippen molar-refractivity contribution >= 4 is 15.9 Å². The lowest BCUT2D eigenvalue weighted by Crippen LogP contribution is -2.22. The van der Waals surface area contributed by atoms with E-state index in [0.717, 1.165) is 28.0 Å². The standard InChI is InChI=1S/C17H21BrN2O/c1-11(2)19-10-14-5-8-17(20-13(14)4)21-16-7-6-15(18)9-12(16)3/h5-9,11,19H,10H2,1-4H3. The number of aryl methyl sites for hydroxylation is 2. The fraction of sp³-hybridized carbons (Fsp3) is 0.353. The summed E-state index contributed by atoms with van der Waals surface area (Å²) in [6, 6.07) is 10.4. The van der Waals surface area contributed by atoms with E-state index in [4.69, 9.17) is 4.74 Å². The third kappa shape index (κ3) is 4.55. The molecule has 21 heavy (non-hydrogen) atoms. The third-order valence-electron chi connectivity index (χ3n) is 3.22. The molecule has 0 saturated carbocycles. The molecule has 4 heteroatoms. The second-order valence-corrected chi connectivity index (χ2v) is 6.36. The highest BCUT2D eigenvalue weighted by Crippen LogP contribution is 2.26. The number of benzene rings is 1. The Morgan fingerprint density at radius 2 is 1.95 bits per heavy atom. The van der Waals surface area contributed by atoms with Gasteiger partial charge in [0.25, 0.3) is 0 Å². The summed E-state index contributed by atoms with van der Waals surface area (Å²) in [6.07, 6.45) is 0. The van der Waals surface area contributed by atoms with Crippen molar-refractivity contribution in [3.05, 3.63) is 51.6 Å². The average Bonchev–Trinajstić information content (AvgIpc) is 2.41. The molecule has 2 aromatic rings. The lowest BCUT2D eigenvalue weighted by Gasteiger charge is -2.12. The largest absolute Gasteiger partial charge is 0.439 e. The highest BCUT2D eigenvalue weighted by Gasteiger charge is 2.06. The van der Waals surface area contributed by atoms with Gasteiger partial charge in [0, 0.05) is 28.8 Å². The predicted octanol–water partition coefficient (Wildman–Crippen LogP) is 4.75. The highest BCUT2D eigenvalue weighted by atomic mass is 79.9. The minimum atomic E-state index is 0.464. The van der Waals surface area contributed by atoms with Crippen LogP contribution in [0.4, 0.5) is 0 Å². The third-order valence-corrected chi connectivity index (χ3v) is 3.72. The van der Waals surface area contributed by atoms with E-state index in [2.05, 4.69) is 46.1 Å². The van der Waals surface area contributed by atoms with Crippen molar-refractivity contribution in [3.8, 4) is 11.6 Å². The highest BCUT2D eigenvalue weighted by molar-refractivity contribution is 9.10. The summed E-state index contributed by atoms with van der Waals surface area (Å²) in [7, 11) is 0. The second kappa shape index (κ2) is 7.05. The molecule has 0 bridgehead atoms. The van der Waals surface area contributed by atoms with Crippen molar-refractivity contribution < 1.29 is 4.74 Å². The molecule has 1 N–H and O–H groups in total. The van der Waals surface area contributed by atoms with Crippen LogP contribution in [0.5, 0.6) is 11.6 Å². The SMILES string of the molecule is Cc1cc(Br)ccc1Oc1ccc(CNC(C)C)c(C)n1. The van der Waals surface area contributed by atoms with Crippen molar-refractivity contribution in [2.45, 2.75) is 40.3 Å². The van der Waals surface area contributed by atoms with Gasteiger partial charge in [-0.3, -0.25) is 0 Å². The molecule has 0 spiro atoms. The van der Waals surface area contributed by atoms with E-state index in [0.29, 0.717) is 11.9 Å². The Morgan fingerprint density at radius 1 is 1.19 bits per heavy atom. The zero-order chi connectivity index (χ0) is 15.4. The van der Waals surface area contributed by atoms with Crippen LogP contribution >= 0.6 is 15.9 Å². The maximum atomic E-state index is 5.87. The van der Waals surface area contributed by atoms with Crippen molar-refractivity contribution in [2.24, 2.45) is 0 Å². The van der Waals surface area contributed by atoms with Crippen LogP contribution in [0.1, 0.15) is 30.7 Å². The molecule has 0 amide bonds. The summed E-state index contributed by atoms with van der Waals surface area (Å²) in [5, 5.41) is 3.40. The maximum Gasteiger partial charge on any atom is 0.219 e. The van der Waals surface area contributed by atoms with Gasteiger partial charge in [0.1, 0.15) is 5.75 Å². The Bertz CT molecular complexity index is 626. The zero-order valence-corrected chi connectivity index (χ0v) is 14.5. The predicted molar refractivity (Wildman–Crippen MR) is 89.9 cm³/mol. The number of pyridine rings is 1. The van der Waals surface area contributed by atoms with Gasteiger partial charge in [-0.25, -0.2) is 4.98 Å². The van der Waals surface area contributed by atoms with E-state index < -0.39 is 0 Å². The number of rotatable bonds is 5. The van der Waals surface area contributed by atoms with Crippen LogP contribution in [-0.4, -0.2) is 11.0 Å². The Hall–Kier alpha value is -1.39. The first kappa shape index (κ1) is 16.0. The van der Waals surface area contributed by atoms with Crippen LogP contribution in [0.15, 0.2) is 34.8 Å². The first-order valence-corrected chi connectivity index (χ1v) is 7.89. The summed E-state index contributed by atoms with van der Waals surface area (Å²) < 4.78 is 6.92. The van der Waals surface area contributed by atoms with Crippen LogP contribution in [0, 0.1) is 13.8 Å². The van der Waals surface area contributed by atoms with Crippen LogP contribution in [0.25, 0.3) is 0 Å². The van der Waals surface area contributed by atoms with Gasteiger partial charge >= 0.3 is 0 Å². The number of ether oxygens (including phenoxy) is 1. The summed E-state index contributed by atoms with van der Waals surface area (Å²) in [4.78, 5) is 4.54. The molecular formula is C17H21BrN2O. The van der Waals surface area contributed by atoms with Crippen molar-refractivity contribution in [3.63, 3.8) is 0 Å². The number of aromatic nitrogens is 1. The maximum absolute atomic E-state index is 5.87. The van der Waals surface area contributed by atoms with Gasteiger partial charge in [-0.1, -0.05) is 35.8 Å². The minimum absolute atomic E-state index is 0.464. The molecule has 0 atom stereocenters. The lowest BCUT2D eigenvalue weighted by molar-refractivity contribution is 0.457. The van der Waals surface area contributed by atoms with Crippen molar-refractivity contribution in [1.82, 2.24) is 10.3 Å². The summed E-state index contributed by atoms with van der Waals surface area (Å²) in [5.41, 5.74) is 3.27. The van der Waals surface area contributed by atoms with E-state index in [1.165, 1.54) is 5.56 Å². The van der Waals surface area contributed by atoms with Crippen molar-refractivity contribution in [2.75, 3.05) is 0 Å². The van der Waals surface area contributed by atoms with Gasteiger partial charge in [0.05, 0.1) is 0 Å². The fourth-order valence-corrected chi connectivity index (χ4v) is 2.44. The van der Waals surface area contributed by atoms with Crippen LogP contribution in [0.3, 0.4) is 0 Å². The van der Waals surface area contributed by atoms with E-state index in [1.807, 2.05) is 38.1 Å². The van der Waals surface area contributed by atoms with Gasteiger partial charge in [0.2, 0.25) is 5.88 Å². The van der Waals surface area contributed by atoms with Crippen LogP contribution in [0.2, 0.25) is 0 Å². The fourth-order valence-electron chi connectivity index (χ4n) is 1.96. The Morgan fingerprint density at radius 3 is 2.57 bits per heavy atom. The minimum Gasteiger partial charge on any atom is -0.439 e. The average molecular weight is 349 g/mol. The monoisotopic (exact) mass is 348 g/mol.